The molecule has 0 saturated heterocycles. The molecule has 2 rings (SSSR count). The molecule has 0 aliphatic carbocycles. The van der Waals surface area contributed by atoms with E-state index in [-0.39, 0.29) is 5.82 Å². The molecule has 0 saturated carbocycles. The summed E-state index contributed by atoms with van der Waals surface area (Å²) in [4.78, 5) is 0. The fraction of sp³-hybridized carbons (Fsp3) is 0.333. The van der Waals surface area contributed by atoms with E-state index in [1.807, 2.05) is 6.07 Å². The highest BCUT2D eigenvalue weighted by Gasteiger charge is 2.11. The third kappa shape index (κ3) is 4.94. The molecule has 1 unspecified atom stereocenters. The van der Waals surface area contributed by atoms with E-state index >= 15 is 0 Å². The summed E-state index contributed by atoms with van der Waals surface area (Å²) >= 11 is 3.48. The Labute approximate surface area is 134 Å². The molecular weight excluding hydrogens is 329 g/mol. The van der Waals surface area contributed by atoms with Crippen LogP contribution >= 0.6 is 15.9 Å². The van der Waals surface area contributed by atoms with Gasteiger partial charge >= 0.3 is 0 Å². The smallest absolute Gasteiger partial charge is 0.123 e. The van der Waals surface area contributed by atoms with Crippen molar-refractivity contribution in [2.24, 2.45) is 0 Å². The molecule has 0 radical (unpaired) electrons. The summed E-state index contributed by atoms with van der Waals surface area (Å²) < 4.78 is 14.3. The van der Waals surface area contributed by atoms with Gasteiger partial charge in [-0.25, -0.2) is 4.39 Å². The monoisotopic (exact) mass is 349 g/mol. The van der Waals surface area contributed by atoms with Crippen LogP contribution in [0.1, 0.15) is 43.4 Å². The normalized spacial score (nSPS) is 12.3. The summed E-state index contributed by atoms with van der Waals surface area (Å²) in [5.41, 5.74) is 2.24. The highest BCUT2D eigenvalue weighted by Crippen LogP contribution is 2.22. The van der Waals surface area contributed by atoms with Gasteiger partial charge in [-0.1, -0.05) is 66.0 Å². The maximum atomic E-state index is 13.3. The van der Waals surface area contributed by atoms with Gasteiger partial charge in [-0.2, -0.15) is 0 Å². The van der Waals surface area contributed by atoms with Gasteiger partial charge in [0.05, 0.1) is 0 Å². The lowest BCUT2D eigenvalue weighted by molar-refractivity contribution is 0.479. The lowest BCUT2D eigenvalue weighted by Gasteiger charge is -2.19. The number of nitrogens with one attached hydrogen (secondary N) is 1. The topological polar surface area (TPSA) is 12.0 Å². The van der Waals surface area contributed by atoms with Crippen LogP contribution in [-0.4, -0.2) is 0 Å². The van der Waals surface area contributed by atoms with Gasteiger partial charge in [0.25, 0.3) is 0 Å². The largest absolute Gasteiger partial charge is 0.306 e. The van der Waals surface area contributed by atoms with E-state index in [9.17, 15) is 4.39 Å². The maximum absolute atomic E-state index is 13.3. The fourth-order valence-corrected chi connectivity index (χ4v) is 2.78. The molecule has 1 nitrogen and oxygen atoms in total. The van der Waals surface area contributed by atoms with E-state index in [1.165, 1.54) is 24.5 Å². The van der Waals surface area contributed by atoms with Crippen LogP contribution in [0.4, 0.5) is 4.39 Å². The molecule has 0 amide bonds. The summed E-state index contributed by atoms with van der Waals surface area (Å²) in [7, 11) is 0. The molecule has 112 valence electrons. The zero-order valence-electron chi connectivity index (χ0n) is 12.3. The van der Waals surface area contributed by atoms with Gasteiger partial charge in [-0.05, 0) is 35.7 Å². The molecule has 0 heterocycles. The Bertz CT molecular complexity index is 556. The third-order valence-electron chi connectivity index (χ3n) is 3.59. The average molecular weight is 350 g/mol. The van der Waals surface area contributed by atoms with Crippen LogP contribution in [0.2, 0.25) is 0 Å². The SMILES string of the molecule is CCCCC(NCc1cc(F)ccc1Br)c1ccccc1. The molecule has 0 aromatic heterocycles. The van der Waals surface area contributed by atoms with Gasteiger partial charge in [0.2, 0.25) is 0 Å². The van der Waals surface area contributed by atoms with Gasteiger partial charge in [0, 0.05) is 17.1 Å². The minimum Gasteiger partial charge on any atom is -0.306 e. The van der Waals surface area contributed by atoms with Crippen molar-refractivity contribution in [2.75, 3.05) is 0 Å². The van der Waals surface area contributed by atoms with Crippen molar-refractivity contribution in [1.29, 1.82) is 0 Å². The van der Waals surface area contributed by atoms with Crippen LogP contribution < -0.4 is 5.32 Å². The summed E-state index contributed by atoms with van der Waals surface area (Å²) in [6.45, 7) is 2.85. The molecule has 2 aromatic carbocycles. The van der Waals surface area contributed by atoms with Crippen molar-refractivity contribution in [3.63, 3.8) is 0 Å². The second kappa shape index (κ2) is 8.30. The zero-order chi connectivity index (χ0) is 15.1. The van der Waals surface area contributed by atoms with Gasteiger partial charge in [-0.3, -0.25) is 0 Å². The molecule has 1 N–H and O–H groups in total. The van der Waals surface area contributed by atoms with Gasteiger partial charge in [-0.15, -0.1) is 0 Å². The van der Waals surface area contributed by atoms with E-state index in [2.05, 4.69) is 52.4 Å². The summed E-state index contributed by atoms with van der Waals surface area (Å²) in [6.07, 6.45) is 3.44. The first-order valence-corrected chi connectivity index (χ1v) is 8.22. The number of rotatable bonds is 7. The first kappa shape index (κ1) is 16.2. The van der Waals surface area contributed by atoms with Crippen molar-refractivity contribution in [1.82, 2.24) is 5.32 Å². The van der Waals surface area contributed by atoms with Crippen LogP contribution in [-0.2, 0) is 6.54 Å². The minimum atomic E-state index is -0.195. The number of unbranched alkanes of at least 4 members (excludes halogenated alkanes) is 1. The molecule has 0 spiro atoms. The molecule has 0 aliphatic heterocycles. The Balaban J connectivity index is 2.07. The first-order valence-electron chi connectivity index (χ1n) is 7.43. The second-order valence-corrected chi connectivity index (χ2v) is 6.08. The van der Waals surface area contributed by atoms with Crippen molar-refractivity contribution < 1.29 is 4.39 Å². The van der Waals surface area contributed by atoms with Gasteiger partial charge < -0.3 is 5.32 Å². The van der Waals surface area contributed by atoms with Crippen LogP contribution in [0.3, 0.4) is 0 Å². The van der Waals surface area contributed by atoms with E-state index in [4.69, 9.17) is 0 Å². The number of hydrogen-bond acceptors (Lipinski definition) is 1. The summed E-state index contributed by atoms with van der Waals surface area (Å²) in [5, 5.41) is 3.56. The van der Waals surface area contributed by atoms with Crippen LogP contribution in [0.5, 0.6) is 0 Å². The van der Waals surface area contributed by atoms with Crippen LogP contribution in [0.25, 0.3) is 0 Å². The standard InChI is InChI=1S/C18H21BrFN/c1-2-3-9-18(14-7-5-4-6-8-14)21-13-15-12-16(20)10-11-17(15)19/h4-8,10-12,18,21H,2-3,9,13H2,1H3. The number of halogens is 2. The van der Waals surface area contributed by atoms with Crippen LogP contribution in [0.15, 0.2) is 53.0 Å². The Morgan fingerprint density at radius 2 is 1.90 bits per heavy atom. The predicted molar refractivity (Wildman–Crippen MR) is 89.6 cm³/mol. The zero-order valence-corrected chi connectivity index (χ0v) is 13.9. The minimum absolute atomic E-state index is 0.195. The number of hydrogen-bond donors (Lipinski definition) is 1. The first-order chi connectivity index (χ1) is 10.2. The second-order valence-electron chi connectivity index (χ2n) is 5.22. The van der Waals surface area contributed by atoms with Gasteiger partial charge in [0.1, 0.15) is 5.82 Å². The molecule has 21 heavy (non-hydrogen) atoms. The highest BCUT2D eigenvalue weighted by atomic mass is 79.9. The quantitative estimate of drug-likeness (QED) is 0.684. The molecule has 2 aromatic rings. The summed E-state index contributed by atoms with van der Waals surface area (Å²) in [5.74, 6) is -0.195. The molecule has 0 fully saturated rings. The molecule has 0 bridgehead atoms. The van der Waals surface area contributed by atoms with Crippen molar-refractivity contribution in [2.45, 2.75) is 38.8 Å². The van der Waals surface area contributed by atoms with Gasteiger partial charge in [0.15, 0.2) is 0 Å². The van der Waals surface area contributed by atoms with Crippen LogP contribution in [0, 0.1) is 5.82 Å². The van der Waals surface area contributed by atoms with Crippen molar-refractivity contribution >= 4 is 15.9 Å². The Hall–Kier alpha value is -1.19. The maximum Gasteiger partial charge on any atom is 0.123 e. The molecule has 1 atom stereocenters. The van der Waals surface area contributed by atoms with Crippen molar-refractivity contribution in [3.8, 4) is 0 Å². The van der Waals surface area contributed by atoms with E-state index in [0.29, 0.717) is 12.6 Å². The average Bonchev–Trinajstić information content (AvgIpc) is 2.51. The highest BCUT2D eigenvalue weighted by molar-refractivity contribution is 9.10. The van der Waals surface area contributed by atoms with E-state index < -0.39 is 0 Å². The predicted octanol–water partition coefficient (Wildman–Crippen LogP) is 5.61. The molecular formula is C18H21BrFN. The Morgan fingerprint density at radius 1 is 1.14 bits per heavy atom. The lowest BCUT2D eigenvalue weighted by Crippen LogP contribution is -2.21. The Kier molecular flexibility index (Phi) is 6.40. The molecule has 3 heteroatoms. The molecule has 0 aliphatic rings. The lowest BCUT2D eigenvalue weighted by atomic mass is 10.0. The van der Waals surface area contributed by atoms with E-state index in [1.54, 1.807) is 12.1 Å². The fourth-order valence-electron chi connectivity index (χ4n) is 2.39. The van der Waals surface area contributed by atoms with E-state index in [0.717, 1.165) is 16.5 Å². The Morgan fingerprint density at radius 3 is 2.62 bits per heavy atom. The number of benzene rings is 2. The van der Waals surface area contributed by atoms with Crippen molar-refractivity contribution in [3.05, 3.63) is 69.9 Å². The third-order valence-corrected chi connectivity index (χ3v) is 4.37. The summed E-state index contributed by atoms with van der Waals surface area (Å²) in [6, 6.07) is 15.6.